The van der Waals surface area contributed by atoms with Gasteiger partial charge in [0, 0.05) is 12.1 Å². The summed E-state index contributed by atoms with van der Waals surface area (Å²) in [6.45, 7) is 4.63. The standard InChI is InChI=1S/C17H20N2O6/c1-9(10(2)20)19-13-8-12(18-15(21)6-7-16(22)23)4-5-14(13)25-11(3)17(19)24/h4-5,8-9,11H,6-7H2,1-3H3,(H,18,21)(H,22,23). The van der Waals surface area contributed by atoms with Crippen LogP contribution in [0.1, 0.15) is 33.6 Å². The number of carbonyl (C=O) groups is 4. The number of amides is 2. The van der Waals surface area contributed by atoms with Crippen LogP contribution in [0, 0.1) is 0 Å². The van der Waals surface area contributed by atoms with Crippen LogP contribution < -0.4 is 15.0 Å². The van der Waals surface area contributed by atoms with Crippen LogP contribution in [-0.4, -0.2) is 40.8 Å². The zero-order valence-corrected chi connectivity index (χ0v) is 14.2. The zero-order chi connectivity index (χ0) is 18.7. The van der Waals surface area contributed by atoms with E-state index in [4.69, 9.17) is 9.84 Å². The Morgan fingerprint density at radius 2 is 2.00 bits per heavy atom. The molecule has 1 aliphatic rings. The fraction of sp³-hybridized carbons (Fsp3) is 0.412. The van der Waals surface area contributed by atoms with E-state index < -0.39 is 24.0 Å². The summed E-state index contributed by atoms with van der Waals surface area (Å²) in [6.07, 6.45) is -1.15. The summed E-state index contributed by atoms with van der Waals surface area (Å²) in [5, 5.41) is 11.2. The largest absolute Gasteiger partial charge is 0.481 e. The second-order valence-corrected chi connectivity index (χ2v) is 5.88. The smallest absolute Gasteiger partial charge is 0.303 e. The normalized spacial score (nSPS) is 17.3. The number of nitrogens with zero attached hydrogens (tertiary/aromatic N) is 1. The number of ether oxygens (including phenoxy) is 1. The Kier molecular flexibility index (Phi) is 5.41. The molecule has 25 heavy (non-hydrogen) atoms. The van der Waals surface area contributed by atoms with Gasteiger partial charge in [-0.2, -0.15) is 0 Å². The number of hydrogen-bond donors (Lipinski definition) is 2. The van der Waals surface area contributed by atoms with Crippen LogP contribution in [0.15, 0.2) is 18.2 Å². The van der Waals surface area contributed by atoms with E-state index >= 15 is 0 Å². The fourth-order valence-electron chi connectivity index (χ4n) is 2.46. The van der Waals surface area contributed by atoms with Crippen molar-refractivity contribution in [1.82, 2.24) is 0 Å². The Hall–Kier alpha value is -2.90. The topological polar surface area (TPSA) is 113 Å². The van der Waals surface area contributed by atoms with Crippen LogP contribution in [0.3, 0.4) is 0 Å². The highest BCUT2D eigenvalue weighted by Gasteiger charge is 2.36. The Balaban J connectivity index is 2.29. The zero-order valence-electron chi connectivity index (χ0n) is 14.2. The first kappa shape index (κ1) is 18.4. The van der Waals surface area contributed by atoms with E-state index in [0.29, 0.717) is 17.1 Å². The lowest BCUT2D eigenvalue weighted by Gasteiger charge is -2.36. The maximum atomic E-state index is 12.4. The highest BCUT2D eigenvalue weighted by Crippen LogP contribution is 2.37. The van der Waals surface area contributed by atoms with Crippen molar-refractivity contribution in [2.24, 2.45) is 0 Å². The molecule has 2 unspecified atom stereocenters. The van der Waals surface area contributed by atoms with Crippen molar-refractivity contribution in [1.29, 1.82) is 0 Å². The Morgan fingerprint density at radius 3 is 2.60 bits per heavy atom. The summed E-state index contributed by atoms with van der Waals surface area (Å²) in [7, 11) is 0. The van der Waals surface area contributed by atoms with Gasteiger partial charge in [0.2, 0.25) is 5.91 Å². The van der Waals surface area contributed by atoms with E-state index in [1.54, 1.807) is 26.0 Å². The minimum absolute atomic E-state index is 0.160. The number of rotatable bonds is 6. The third-order valence-electron chi connectivity index (χ3n) is 3.93. The van der Waals surface area contributed by atoms with Crippen molar-refractivity contribution < 1.29 is 29.0 Å². The maximum absolute atomic E-state index is 12.4. The summed E-state index contributed by atoms with van der Waals surface area (Å²) in [5.41, 5.74) is 0.780. The van der Waals surface area contributed by atoms with E-state index in [1.807, 2.05) is 0 Å². The number of Topliss-reactive ketones (excluding diaryl/α,β-unsaturated/α-hetero) is 1. The van der Waals surface area contributed by atoms with Crippen molar-refractivity contribution in [3.63, 3.8) is 0 Å². The van der Waals surface area contributed by atoms with E-state index in [0.717, 1.165) is 0 Å². The van der Waals surface area contributed by atoms with E-state index in [1.165, 1.54) is 17.9 Å². The summed E-state index contributed by atoms with van der Waals surface area (Å²) < 4.78 is 5.55. The molecular formula is C17H20N2O6. The number of hydrogen-bond acceptors (Lipinski definition) is 5. The van der Waals surface area contributed by atoms with Crippen molar-refractivity contribution in [2.75, 3.05) is 10.2 Å². The molecule has 0 aliphatic carbocycles. The van der Waals surface area contributed by atoms with Crippen LogP contribution in [-0.2, 0) is 19.2 Å². The molecular weight excluding hydrogens is 328 g/mol. The number of anilines is 2. The summed E-state index contributed by atoms with van der Waals surface area (Å²) in [4.78, 5) is 47.9. The number of ketones is 1. The van der Waals surface area contributed by atoms with Crippen LogP contribution in [0.4, 0.5) is 11.4 Å². The number of carboxylic acid groups (broad SMARTS) is 1. The van der Waals surface area contributed by atoms with Crippen molar-refractivity contribution in [2.45, 2.75) is 45.8 Å². The van der Waals surface area contributed by atoms with Gasteiger partial charge in [0.25, 0.3) is 5.91 Å². The minimum Gasteiger partial charge on any atom is -0.481 e. The molecule has 1 aromatic rings. The number of nitrogens with one attached hydrogen (secondary N) is 1. The number of carbonyl (C=O) groups excluding carboxylic acids is 3. The molecule has 0 spiro atoms. The third kappa shape index (κ3) is 4.14. The Morgan fingerprint density at radius 1 is 1.32 bits per heavy atom. The van der Waals surface area contributed by atoms with Gasteiger partial charge in [-0.05, 0) is 39.0 Å². The van der Waals surface area contributed by atoms with Crippen molar-refractivity contribution in [3.05, 3.63) is 18.2 Å². The van der Waals surface area contributed by atoms with Gasteiger partial charge in [0.05, 0.1) is 18.2 Å². The van der Waals surface area contributed by atoms with Gasteiger partial charge in [-0.1, -0.05) is 0 Å². The maximum Gasteiger partial charge on any atom is 0.303 e. The van der Waals surface area contributed by atoms with Gasteiger partial charge < -0.3 is 15.2 Å². The lowest BCUT2D eigenvalue weighted by molar-refractivity contribution is -0.138. The molecule has 0 radical (unpaired) electrons. The van der Waals surface area contributed by atoms with Crippen LogP contribution >= 0.6 is 0 Å². The van der Waals surface area contributed by atoms with Gasteiger partial charge in [-0.25, -0.2) is 0 Å². The van der Waals surface area contributed by atoms with Crippen LogP contribution in [0.5, 0.6) is 5.75 Å². The molecule has 0 saturated heterocycles. The molecule has 134 valence electrons. The quantitative estimate of drug-likeness (QED) is 0.807. The lowest BCUT2D eigenvalue weighted by Crippen LogP contribution is -2.51. The second-order valence-electron chi connectivity index (χ2n) is 5.88. The SMILES string of the molecule is CC(=O)C(C)N1C(=O)C(C)Oc2ccc(NC(=O)CCC(=O)O)cc21. The molecule has 8 nitrogen and oxygen atoms in total. The van der Waals surface area contributed by atoms with Gasteiger partial charge in [0.15, 0.2) is 11.9 Å². The number of benzene rings is 1. The van der Waals surface area contributed by atoms with Gasteiger partial charge in [0.1, 0.15) is 5.75 Å². The average molecular weight is 348 g/mol. The predicted octanol–water partition coefficient (Wildman–Crippen LogP) is 1.58. The van der Waals surface area contributed by atoms with Gasteiger partial charge in [-0.15, -0.1) is 0 Å². The molecule has 2 atom stereocenters. The molecule has 1 heterocycles. The van der Waals surface area contributed by atoms with E-state index in [9.17, 15) is 19.2 Å². The van der Waals surface area contributed by atoms with Crippen LogP contribution in [0.25, 0.3) is 0 Å². The summed E-state index contributed by atoms with van der Waals surface area (Å²) >= 11 is 0. The van der Waals surface area contributed by atoms with Gasteiger partial charge >= 0.3 is 5.97 Å². The first-order chi connectivity index (χ1) is 11.7. The molecule has 2 N–H and O–H groups in total. The molecule has 0 fully saturated rings. The molecule has 8 heteroatoms. The summed E-state index contributed by atoms with van der Waals surface area (Å²) in [6, 6.07) is 4.06. The van der Waals surface area contributed by atoms with Crippen molar-refractivity contribution >= 4 is 34.9 Å². The third-order valence-corrected chi connectivity index (χ3v) is 3.93. The molecule has 2 rings (SSSR count). The first-order valence-corrected chi connectivity index (χ1v) is 7.86. The number of carboxylic acids is 1. The highest BCUT2D eigenvalue weighted by molar-refractivity contribution is 6.06. The minimum atomic E-state index is -1.06. The molecule has 0 saturated carbocycles. The predicted molar refractivity (Wildman–Crippen MR) is 89.7 cm³/mol. The monoisotopic (exact) mass is 348 g/mol. The highest BCUT2D eigenvalue weighted by atomic mass is 16.5. The molecule has 1 aromatic carbocycles. The van der Waals surface area contributed by atoms with E-state index in [-0.39, 0.29) is 24.5 Å². The molecule has 2 amide bonds. The molecule has 0 bridgehead atoms. The second kappa shape index (κ2) is 7.33. The van der Waals surface area contributed by atoms with Crippen LogP contribution in [0.2, 0.25) is 0 Å². The molecule has 0 aromatic heterocycles. The summed E-state index contributed by atoms with van der Waals surface area (Å²) in [5.74, 6) is -1.60. The lowest BCUT2D eigenvalue weighted by atomic mass is 10.1. The number of aliphatic carboxylic acids is 1. The van der Waals surface area contributed by atoms with Crippen molar-refractivity contribution in [3.8, 4) is 5.75 Å². The first-order valence-electron chi connectivity index (χ1n) is 7.86. The van der Waals surface area contributed by atoms with E-state index in [2.05, 4.69) is 5.32 Å². The number of fused-ring (bicyclic) bond motifs is 1. The fourth-order valence-corrected chi connectivity index (χ4v) is 2.46. The van der Waals surface area contributed by atoms with Gasteiger partial charge in [-0.3, -0.25) is 24.1 Å². The Bertz CT molecular complexity index is 730. The molecule has 1 aliphatic heterocycles. The Labute approximate surface area is 144 Å². The average Bonchev–Trinajstić information content (AvgIpc) is 2.54.